The molecule has 0 saturated carbocycles. The maximum atomic E-state index is 5.37. The summed E-state index contributed by atoms with van der Waals surface area (Å²) in [4.78, 5) is 4.40. The van der Waals surface area contributed by atoms with Gasteiger partial charge in [0.2, 0.25) is 11.7 Å². The minimum absolute atomic E-state index is 0.00727. The van der Waals surface area contributed by atoms with E-state index in [-0.39, 0.29) is 6.04 Å². The highest BCUT2D eigenvalue weighted by Crippen LogP contribution is 2.22. The number of nitrogens with one attached hydrogen (secondary N) is 1. The molecule has 5 nitrogen and oxygen atoms in total. The zero-order valence-corrected chi connectivity index (χ0v) is 11.2. The molecule has 1 unspecified atom stereocenters. The van der Waals surface area contributed by atoms with E-state index in [1.807, 2.05) is 24.3 Å². The summed E-state index contributed by atoms with van der Waals surface area (Å²) >= 11 is 3.42. The molecule has 0 spiro atoms. The molecule has 3 rings (SSSR count). The second-order valence-corrected chi connectivity index (χ2v) is 4.96. The molecule has 6 heteroatoms. The molecule has 1 atom stereocenters. The number of aromatic nitrogens is 2. The molecule has 2 heterocycles. The third kappa shape index (κ3) is 2.45. The molecule has 0 bridgehead atoms. The molecular formula is C12H12BrN3O2. The van der Waals surface area contributed by atoms with Crippen molar-refractivity contribution in [3.8, 4) is 11.4 Å². The van der Waals surface area contributed by atoms with Gasteiger partial charge in [-0.1, -0.05) is 33.2 Å². The molecule has 2 aromatic rings. The van der Waals surface area contributed by atoms with Gasteiger partial charge in [0.15, 0.2) is 0 Å². The zero-order valence-electron chi connectivity index (χ0n) is 9.60. The summed E-state index contributed by atoms with van der Waals surface area (Å²) in [6.07, 6.45) is 0. The maximum absolute atomic E-state index is 5.37. The van der Waals surface area contributed by atoms with Crippen molar-refractivity contribution in [2.75, 3.05) is 19.8 Å². The lowest BCUT2D eigenvalue weighted by Crippen LogP contribution is -2.34. The second kappa shape index (κ2) is 5.17. The van der Waals surface area contributed by atoms with Gasteiger partial charge in [-0.25, -0.2) is 0 Å². The third-order valence-corrected chi connectivity index (χ3v) is 3.24. The molecule has 1 N–H and O–H groups in total. The van der Waals surface area contributed by atoms with Crippen LogP contribution in [0.25, 0.3) is 11.4 Å². The first-order chi connectivity index (χ1) is 8.83. The van der Waals surface area contributed by atoms with Gasteiger partial charge in [0.05, 0.1) is 13.2 Å². The van der Waals surface area contributed by atoms with Gasteiger partial charge in [-0.2, -0.15) is 4.98 Å². The molecule has 0 radical (unpaired) electrons. The van der Waals surface area contributed by atoms with Crippen LogP contribution in [0.3, 0.4) is 0 Å². The Hall–Kier alpha value is -1.24. The first kappa shape index (κ1) is 11.8. The second-order valence-electron chi connectivity index (χ2n) is 4.05. The van der Waals surface area contributed by atoms with Crippen molar-refractivity contribution < 1.29 is 9.26 Å². The monoisotopic (exact) mass is 309 g/mol. The van der Waals surface area contributed by atoms with Crippen LogP contribution in [0.15, 0.2) is 33.3 Å². The Morgan fingerprint density at radius 1 is 1.39 bits per heavy atom. The van der Waals surface area contributed by atoms with Crippen LogP contribution < -0.4 is 5.32 Å². The van der Waals surface area contributed by atoms with E-state index in [0.717, 1.165) is 23.2 Å². The average Bonchev–Trinajstić information content (AvgIpc) is 2.89. The first-order valence-corrected chi connectivity index (χ1v) is 6.53. The third-order valence-electron chi connectivity index (χ3n) is 2.74. The van der Waals surface area contributed by atoms with Crippen LogP contribution in [0.1, 0.15) is 11.9 Å². The summed E-state index contributed by atoms with van der Waals surface area (Å²) in [7, 11) is 0. The van der Waals surface area contributed by atoms with Crippen LogP contribution in [0, 0.1) is 0 Å². The standard InChI is InChI=1S/C12H12BrN3O2/c13-9-3-1-2-8(6-9)11-15-12(18-16-11)10-7-17-5-4-14-10/h1-3,6,10,14H,4-5,7H2. The van der Waals surface area contributed by atoms with Crippen LogP contribution in [-0.4, -0.2) is 29.9 Å². The van der Waals surface area contributed by atoms with Gasteiger partial charge in [0.1, 0.15) is 6.04 Å². The van der Waals surface area contributed by atoms with Crippen LogP contribution in [-0.2, 0) is 4.74 Å². The van der Waals surface area contributed by atoms with Crippen LogP contribution in [0.2, 0.25) is 0 Å². The number of hydrogen-bond acceptors (Lipinski definition) is 5. The normalized spacial score (nSPS) is 19.9. The lowest BCUT2D eigenvalue weighted by atomic mass is 10.2. The zero-order chi connectivity index (χ0) is 12.4. The SMILES string of the molecule is Brc1cccc(-c2noc(C3COCCN3)n2)c1. The van der Waals surface area contributed by atoms with Crippen molar-refractivity contribution in [3.63, 3.8) is 0 Å². The minimum atomic E-state index is -0.00727. The number of nitrogens with zero attached hydrogens (tertiary/aromatic N) is 2. The van der Waals surface area contributed by atoms with E-state index in [1.165, 1.54) is 0 Å². The molecule has 1 aromatic carbocycles. The van der Waals surface area contributed by atoms with Crippen LogP contribution in [0.4, 0.5) is 0 Å². The molecule has 1 fully saturated rings. The van der Waals surface area contributed by atoms with E-state index in [0.29, 0.717) is 18.3 Å². The number of morpholine rings is 1. The van der Waals surface area contributed by atoms with Gasteiger partial charge in [-0.15, -0.1) is 0 Å². The van der Waals surface area contributed by atoms with Crippen LogP contribution in [0.5, 0.6) is 0 Å². The van der Waals surface area contributed by atoms with Crippen molar-refractivity contribution in [3.05, 3.63) is 34.6 Å². The molecule has 1 aliphatic rings. The predicted molar refractivity (Wildman–Crippen MR) is 69.0 cm³/mol. The van der Waals surface area contributed by atoms with E-state index in [9.17, 15) is 0 Å². The smallest absolute Gasteiger partial charge is 0.246 e. The molecular weight excluding hydrogens is 298 g/mol. The summed E-state index contributed by atoms with van der Waals surface area (Å²) in [6.45, 7) is 2.10. The van der Waals surface area contributed by atoms with E-state index < -0.39 is 0 Å². The fourth-order valence-electron chi connectivity index (χ4n) is 1.85. The number of rotatable bonds is 2. The maximum Gasteiger partial charge on any atom is 0.246 e. The van der Waals surface area contributed by atoms with Gasteiger partial charge in [-0.05, 0) is 12.1 Å². The number of benzene rings is 1. The summed E-state index contributed by atoms with van der Waals surface area (Å²) in [5, 5.41) is 7.28. The van der Waals surface area contributed by atoms with Crippen molar-refractivity contribution in [1.29, 1.82) is 0 Å². The molecule has 1 aliphatic heterocycles. The Kier molecular flexibility index (Phi) is 3.40. The molecule has 0 aliphatic carbocycles. The first-order valence-electron chi connectivity index (χ1n) is 5.73. The Balaban J connectivity index is 1.84. The Bertz CT molecular complexity index is 538. The van der Waals surface area contributed by atoms with Crippen molar-refractivity contribution in [2.45, 2.75) is 6.04 Å². The fourth-order valence-corrected chi connectivity index (χ4v) is 2.24. The highest BCUT2D eigenvalue weighted by molar-refractivity contribution is 9.10. The number of ether oxygens (including phenoxy) is 1. The Morgan fingerprint density at radius 2 is 2.33 bits per heavy atom. The van der Waals surface area contributed by atoms with Gasteiger partial charge in [0, 0.05) is 16.6 Å². The van der Waals surface area contributed by atoms with Gasteiger partial charge in [0.25, 0.3) is 0 Å². The van der Waals surface area contributed by atoms with Crippen LogP contribution >= 0.6 is 15.9 Å². The molecule has 0 amide bonds. The van der Waals surface area contributed by atoms with Gasteiger partial charge < -0.3 is 14.6 Å². The number of hydrogen-bond donors (Lipinski definition) is 1. The Morgan fingerprint density at radius 3 is 3.11 bits per heavy atom. The molecule has 1 saturated heterocycles. The van der Waals surface area contributed by atoms with Gasteiger partial charge in [-0.3, -0.25) is 0 Å². The average molecular weight is 310 g/mol. The Labute approximate surface area is 113 Å². The van der Waals surface area contributed by atoms with E-state index in [4.69, 9.17) is 9.26 Å². The number of halogens is 1. The largest absolute Gasteiger partial charge is 0.378 e. The quantitative estimate of drug-likeness (QED) is 0.921. The van der Waals surface area contributed by atoms with Crippen molar-refractivity contribution in [1.82, 2.24) is 15.5 Å². The molecule has 18 heavy (non-hydrogen) atoms. The van der Waals surface area contributed by atoms with Crippen molar-refractivity contribution >= 4 is 15.9 Å². The summed E-state index contributed by atoms with van der Waals surface area (Å²) < 4.78 is 11.6. The topological polar surface area (TPSA) is 60.2 Å². The summed E-state index contributed by atoms with van der Waals surface area (Å²) in [5.74, 6) is 1.17. The summed E-state index contributed by atoms with van der Waals surface area (Å²) in [5.41, 5.74) is 0.927. The predicted octanol–water partition coefficient (Wildman–Crippen LogP) is 2.16. The van der Waals surface area contributed by atoms with Gasteiger partial charge >= 0.3 is 0 Å². The summed E-state index contributed by atoms with van der Waals surface area (Å²) in [6, 6.07) is 7.80. The molecule has 1 aromatic heterocycles. The highest BCUT2D eigenvalue weighted by Gasteiger charge is 2.21. The van der Waals surface area contributed by atoms with Crippen molar-refractivity contribution in [2.24, 2.45) is 0 Å². The van der Waals surface area contributed by atoms with E-state index in [1.54, 1.807) is 0 Å². The van der Waals surface area contributed by atoms with E-state index in [2.05, 4.69) is 31.4 Å². The highest BCUT2D eigenvalue weighted by atomic mass is 79.9. The minimum Gasteiger partial charge on any atom is -0.378 e. The lowest BCUT2D eigenvalue weighted by molar-refractivity contribution is 0.0659. The molecule has 94 valence electrons. The van der Waals surface area contributed by atoms with E-state index >= 15 is 0 Å². The lowest BCUT2D eigenvalue weighted by Gasteiger charge is -2.20. The fraction of sp³-hybridized carbons (Fsp3) is 0.333.